The lowest BCUT2D eigenvalue weighted by atomic mass is 9.95. The standard InChI is InChI=1S/C23H22N4O2S/c28-21-14-16(24-20-12-6-7-13-26(20)21)15-30-23-25-19-11-5-4-10-18(19)22(29)27(23)17-8-2-1-3-9-17/h4-7,10-14,17H,1-3,8-9,15H2. The number of hydrogen-bond donors (Lipinski definition) is 0. The van der Waals surface area contributed by atoms with E-state index in [4.69, 9.17) is 4.98 Å². The maximum absolute atomic E-state index is 13.3. The van der Waals surface area contributed by atoms with E-state index in [0.717, 1.165) is 25.7 Å². The van der Waals surface area contributed by atoms with E-state index in [1.54, 1.807) is 12.3 Å². The third-order valence-electron chi connectivity index (χ3n) is 5.69. The zero-order valence-corrected chi connectivity index (χ0v) is 17.3. The summed E-state index contributed by atoms with van der Waals surface area (Å²) in [7, 11) is 0. The predicted octanol–water partition coefficient (Wildman–Crippen LogP) is 4.20. The Labute approximate surface area is 177 Å². The van der Waals surface area contributed by atoms with Crippen molar-refractivity contribution in [2.45, 2.75) is 49.1 Å². The molecule has 4 aromatic rings. The van der Waals surface area contributed by atoms with Crippen molar-refractivity contribution in [2.75, 3.05) is 0 Å². The first-order chi connectivity index (χ1) is 14.7. The molecule has 6 nitrogen and oxygen atoms in total. The van der Waals surface area contributed by atoms with Gasteiger partial charge in [0, 0.05) is 24.1 Å². The quantitative estimate of drug-likeness (QED) is 0.367. The van der Waals surface area contributed by atoms with Gasteiger partial charge in [-0.15, -0.1) is 0 Å². The lowest BCUT2D eigenvalue weighted by Crippen LogP contribution is -2.29. The maximum Gasteiger partial charge on any atom is 0.262 e. The highest BCUT2D eigenvalue weighted by Gasteiger charge is 2.22. The predicted molar refractivity (Wildman–Crippen MR) is 119 cm³/mol. The summed E-state index contributed by atoms with van der Waals surface area (Å²) in [6.45, 7) is 0. The Kier molecular flexibility index (Phi) is 5.12. The molecule has 0 spiro atoms. The monoisotopic (exact) mass is 418 g/mol. The number of aromatic nitrogens is 4. The second kappa shape index (κ2) is 8.07. The van der Waals surface area contributed by atoms with E-state index in [-0.39, 0.29) is 17.2 Å². The van der Waals surface area contributed by atoms with Crippen molar-refractivity contribution in [3.63, 3.8) is 0 Å². The summed E-state index contributed by atoms with van der Waals surface area (Å²) < 4.78 is 3.42. The molecule has 1 aliphatic rings. The van der Waals surface area contributed by atoms with Crippen LogP contribution in [0, 0.1) is 0 Å². The molecular weight excluding hydrogens is 396 g/mol. The number of pyridine rings is 1. The molecular formula is C23H22N4O2S. The smallest absolute Gasteiger partial charge is 0.262 e. The second-order valence-corrected chi connectivity index (χ2v) is 8.62. The minimum Gasteiger partial charge on any atom is -0.284 e. The summed E-state index contributed by atoms with van der Waals surface area (Å²) in [5.74, 6) is 0.484. The molecule has 1 aliphatic carbocycles. The first-order valence-electron chi connectivity index (χ1n) is 10.3. The highest BCUT2D eigenvalue weighted by molar-refractivity contribution is 7.98. The molecule has 0 amide bonds. The fraction of sp³-hybridized carbons (Fsp3) is 0.304. The molecule has 7 heteroatoms. The van der Waals surface area contributed by atoms with Gasteiger partial charge in [-0.1, -0.05) is 49.2 Å². The highest BCUT2D eigenvalue weighted by atomic mass is 32.2. The molecule has 1 aromatic carbocycles. The van der Waals surface area contributed by atoms with Crippen LogP contribution >= 0.6 is 11.8 Å². The Morgan fingerprint density at radius 3 is 2.63 bits per heavy atom. The van der Waals surface area contributed by atoms with Crippen LogP contribution < -0.4 is 11.1 Å². The number of para-hydroxylation sites is 1. The Bertz CT molecular complexity index is 1340. The van der Waals surface area contributed by atoms with Gasteiger partial charge in [-0.25, -0.2) is 9.97 Å². The van der Waals surface area contributed by atoms with Gasteiger partial charge >= 0.3 is 0 Å². The molecule has 0 aliphatic heterocycles. The molecule has 5 rings (SSSR count). The second-order valence-electron chi connectivity index (χ2n) is 7.68. The first-order valence-corrected chi connectivity index (χ1v) is 11.3. The Balaban J connectivity index is 1.55. The van der Waals surface area contributed by atoms with E-state index in [0.29, 0.717) is 33.2 Å². The molecule has 1 fully saturated rings. The topological polar surface area (TPSA) is 69.3 Å². The van der Waals surface area contributed by atoms with Crippen LogP contribution in [0.1, 0.15) is 43.8 Å². The largest absolute Gasteiger partial charge is 0.284 e. The molecule has 0 N–H and O–H groups in total. The highest BCUT2D eigenvalue weighted by Crippen LogP contribution is 2.31. The van der Waals surface area contributed by atoms with Gasteiger partial charge in [-0.05, 0) is 37.1 Å². The van der Waals surface area contributed by atoms with Crippen molar-refractivity contribution in [3.05, 3.63) is 81.1 Å². The number of benzene rings is 1. The van der Waals surface area contributed by atoms with Crippen molar-refractivity contribution in [2.24, 2.45) is 0 Å². The van der Waals surface area contributed by atoms with E-state index in [1.165, 1.54) is 22.6 Å². The molecule has 0 atom stereocenters. The van der Waals surface area contributed by atoms with Crippen LogP contribution in [0.5, 0.6) is 0 Å². The molecule has 3 aromatic heterocycles. The van der Waals surface area contributed by atoms with E-state index in [1.807, 2.05) is 47.0 Å². The number of thioether (sulfide) groups is 1. The van der Waals surface area contributed by atoms with Crippen LogP contribution in [0.4, 0.5) is 0 Å². The summed E-state index contributed by atoms with van der Waals surface area (Å²) in [6, 6.07) is 14.8. The van der Waals surface area contributed by atoms with Crippen LogP contribution in [-0.2, 0) is 5.75 Å². The number of fused-ring (bicyclic) bond motifs is 2. The fourth-order valence-corrected chi connectivity index (χ4v) is 5.16. The normalized spacial score (nSPS) is 15.1. The molecule has 3 heterocycles. The molecule has 0 saturated heterocycles. The van der Waals surface area contributed by atoms with Crippen LogP contribution in [0.2, 0.25) is 0 Å². The van der Waals surface area contributed by atoms with Crippen LogP contribution in [-0.4, -0.2) is 18.9 Å². The Morgan fingerprint density at radius 2 is 1.77 bits per heavy atom. The molecule has 0 bridgehead atoms. The number of nitrogens with zero attached hydrogens (tertiary/aromatic N) is 4. The lowest BCUT2D eigenvalue weighted by molar-refractivity contribution is 0.326. The summed E-state index contributed by atoms with van der Waals surface area (Å²) in [4.78, 5) is 35.2. The van der Waals surface area contributed by atoms with Crippen LogP contribution in [0.25, 0.3) is 16.6 Å². The average molecular weight is 419 g/mol. The van der Waals surface area contributed by atoms with Crippen molar-refractivity contribution in [1.29, 1.82) is 0 Å². The van der Waals surface area contributed by atoms with E-state index >= 15 is 0 Å². The number of rotatable bonds is 4. The van der Waals surface area contributed by atoms with Gasteiger partial charge in [-0.2, -0.15) is 0 Å². The van der Waals surface area contributed by atoms with Crippen molar-refractivity contribution in [1.82, 2.24) is 18.9 Å². The average Bonchev–Trinajstić information content (AvgIpc) is 2.78. The summed E-state index contributed by atoms with van der Waals surface area (Å²) in [6.07, 6.45) is 7.22. The van der Waals surface area contributed by atoms with Gasteiger partial charge in [0.15, 0.2) is 5.16 Å². The minimum atomic E-state index is -0.104. The molecule has 0 radical (unpaired) electrons. The molecule has 30 heavy (non-hydrogen) atoms. The summed E-state index contributed by atoms with van der Waals surface area (Å²) >= 11 is 1.48. The zero-order chi connectivity index (χ0) is 20.5. The SMILES string of the molecule is O=c1c2ccccc2nc(SCc2cc(=O)n3ccccc3n2)n1C1CCCCC1. The van der Waals surface area contributed by atoms with Gasteiger partial charge in [0.25, 0.3) is 11.1 Å². The summed E-state index contributed by atoms with van der Waals surface area (Å²) in [5, 5.41) is 1.37. The van der Waals surface area contributed by atoms with Gasteiger partial charge in [0.1, 0.15) is 5.65 Å². The van der Waals surface area contributed by atoms with Gasteiger partial charge in [0.2, 0.25) is 0 Å². The van der Waals surface area contributed by atoms with Crippen LogP contribution in [0.3, 0.4) is 0 Å². The minimum absolute atomic E-state index is 0.0292. The summed E-state index contributed by atoms with van der Waals surface area (Å²) in [5.41, 5.74) is 1.95. The molecule has 152 valence electrons. The van der Waals surface area contributed by atoms with E-state index in [9.17, 15) is 9.59 Å². The first kappa shape index (κ1) is 19.1. The lowest BCUT2D eigenvalue weighted by Gasteiger charge is -2.26. The van der Waals surface area contributed by atoms with Crippen molar-refractivity contribution >= 4 is 28.3 Å². The molecule has 0 unspecified atom stereocenters. The van der Waals surface area contributed by atoms with Crippen LogP contribution in [0.15, 0.2) is 69.5 Å². The maximum atomic E-state index is 13.3. The zero-order valence-electron chi connectivity index (χ0n) is 16.5. The third kappa shape index (κ3) is 3.54. The Hall–Kier alpha value is -2.93. The Morgan fingerprint density at radius 1 is 0.967 bits per heavy atom. The van der Waals surface area contributed by atoms with E-state index in [2.05, 4.69) is 4.98 Å². The fourth-order valence-electron chi connectivity index (χ4n) is 4.20. The van der Waals surface area contributed by atoms with Gasteiger partial charge in [0.05, 0.1) is 16.6 Å². The van der Waals surface area contributed by atoms with Gasteiger partial charge < -0.3 is 0 Å². The number of hydrogen-bond acceptors (Lipinski definition) is 5. The molecule has 1 saturated carbocycles. The van der Waals surface area contributed by atoms with Crippen molar-refractivity contribution in [3.8, 4) is 0 Å². The third-order valence-corrected chi connectivity index (χ3v) is 6.67. The van der Waals surface area contributed by atoms with Crippen molar-refractivity contribution < 1.29 is 0 Å². The van der Waals surface area contributed by atoms with Gasteiger partial charge in [-0.3, -0.25) is 18.6 Å². The van der Waals surface area contributed by atoms with E-state index < -0.39 is 0 Å².